The fourth-order valence-electron chi connectivity index (χ4n) is 2.90. The molecule has 2 nitrogen and oxygen atoms in total. The van der Waals surface area contributed by atoms with Crippen molar-refractivity contribution in [2.24, 2.45) is 5.41 Å². The number of carbonyl (C=O) groups excluding carboxylic acids is 1. The summed E-state index contributed by atoms with van der Waals surface area (Å²) in [6.07, 6.45) is 2.64. The SMILES string of the molecule is CC(=C=C(CCCOC(=O)c1cccs1)c1ccccc1)CC(C)(C)C. The molecule has 26 heavy (non-hydrogen) atoms. The molecule has 2 aromatic rings. The monoisotopic (exact) mass is 368 g/mol. The normalized spacial score (nSPS) is 10.9. The average molecular weight is 369 g/mol. The molecular weight excluding hydrogens is 340 g/mol. The number of allylic oxidation sites excluding steroid dienone is 1. The number of ether oxygens (including phenoxy) is 1. The van der Waals surface area contributed by atoms with Crippen LogP contribution in [0.4, 0.5) is 0 Å². The average Bonchev–Trinajstić information content (AvgIpc) is 3.11. The van der Waals surface area contributed by atoms with Crippen molar-refractivity contribution >= 4 is 22.9 Å². The summed E-state index contributed by atoms with van der Waals surface area (Å²) in [7, 11) is 0. The third kappa shape index (κ3) is 7.03. The van der Waals surface area contributed by atoms with Crippen LogP contribution in [0.2, 0.25) is 0 Å². The van der Waals surface area contributed by atoms with Gasteiger partial charge in [0.15, 0.2) is 0 Å². The Morgan fingerprint density at radius 3 is 2.46 bits per heavy atom. The van der Waals surface area contributed by atoms with E-state index in [1.807, 2.05) is 29.6 Å². The van der Waals surface area contributed by atoms with Crippen molar-refractivity contribution in [2.75, 3.05) is 6.61 Å². The Kier molecular flexibility index (Phi) is 7.44. The highest BCUT2D eigenvalue weighted by atomic mass is 32.1. The van der Waals surface area contributed by atoms with Gasteiger partial charge in [-0.3, -0.25) is 0 Å². The lowest BCUT2D eigenvalue weighted by molar-refractivity contribution is 0.0507. The van der Waals surface area contributed by atoms with Crippen LogP contribution in [0.15, 0.2) is 59.1 Å². The molecule has 0 N–H and O–H groups in total. The molecule has 138 valence electrons. The van der Waals surface area contributed by atoms with E-state index in [1.54, 1.807) is 6.07 Å². The van der Waals surface area contributed by atoms with Crippen LogP contribution in [0.1, 0.15) is 62.2 Å². The Bertz CT molecular complexity index is 758. The van der Waals surface area contributed by atoms with E-state index in [0.717, 1.165) is 19.3 Å². The van der Waals surface area contributed by atoms with Gasteiger partial charge in [-0.1, -0.05) is 57.2 Å². The summed E-state index contributed by atoms with van der Waals surface area (Å²) in [5, 5.41) is 1.88. The molecule has 0 aliphatic heterocycles. The molecule has 0 aliphatic carbocycles. The lowest BCUT2D eigenvalue weighted by atomic mass is 9.88. The van der Waals surface area contributed by atoms with Gasteiger partial charge in [0.2, 0.25) is 0 Å². The third-order valence-electron chi connectivity index (χ3n) is 3.81. The van der Waals surface area contributed by atoms with E-state index < -0.39 is 0 Å². The number of thiophene rings is 1. The fraction of sp³-hybridized carbons (Fsp3) is 0.391. The molecule has 3 heteroatoms. The van der Waals surface area contributed by atoms with E-state index in [9.17, 15) is 4.79 Å². The molecule has 0 radical (unpaired) electrons. The van der Waals surface area contributed by atoms with Crippen LogP contribution >= 0.6 is 11.3 Å². The number of carbonyl (C=O) groups is 1. The summed E-state index contributed by atoms with van der Waals surface area (Å²) < 4.78 is 5.38. The van der Waals surface area contributed by atoms with Crippen LogP contribution < -0.4 is 0 Å². The lowest BCUT2D eigenvalue weighted by Crippen LogP contribution is -2.05. The Balaban J connectivity index is 2.03. The van der Waals surface area contributed by atoms with E-state index in [-0.39, 0.29) is 11.4 Å². The van der Waals surface area contributed by atoms with Crippen LogP contribution in [0.3, 0.4) is 0 Å². The minimum Gasteiger partial charge on any atom is -0.461 e. The number of benzene rings is 1. The summed E-state index contributed by atoms with van der Waals surface area (Å²) in [4.78, 5) is 12.6. The maximum absolute atomic E-state index is 11.9. The number of hydrogen-bond donors (Lipinski definition) is 0. The molecule has 0 saturated carbocycles. The second-order valence-electron chi connectivity index (χ2n) is 7.70. The fourth-order valence-corrected chi connectivity index (χ4v) is 3.51. The van der Waals surface area contributed by atoms with Gasteiger partial charge in [0.25, 0.3) is 0 Å². The first-order chi connectivity index (χ1) is 12.3. The van der Waals surface area contributed by atoms with Crippen LogP contribution in [-0.2, 0) is 4.74 Å². The molecule has 0 saturated heterocycles. The zero-order valence-electron chi connectivity index (χ0n) is 16.2. The zero-order valence-corrected chi connectivity index (χ0v) is 17.0. The number of rotatable bonds is 7. The first-order valence-corrected chi connectivity index (χ1v) is 9.94. The molecule has 2 rings (SSSR count). The highest BCUT2D eigenvalue weighted by molar-refractivity contribution is 7.11. The first-order valence-electron chi connectivity index (χ1n) is 9.06. The van der Waals surface area contributed by atoms with Crippen LogP contribution in [0.25, 0.3) is 5.57 Å². The second-order valence-corrected chi connectivity index (χ2v) is 8.65. The summed E-state index contributed by atoms with van der Waals surface area (Å²) in [5.74, 6) is -0.232. The van der Waals surface area contributed by atoms with Gasteiger partial charge in [-0.15, -0.1) is 17.1 Å². The van der Waals surface area contributed by atoms with Crippen molar-refractivity contribution in [2.45, 2.75) is 47.0 Å². The van der Waals surface area contributed by atoms with Gasteiger partial charge in [-0.2, -0.15) is 0 Å². The summed E-state index contributed by atoms with van der Waals surface area (Å²) in [6, 6.07) is 14.0. The first kappa shape index (κ1) is 20.2. The van der Waals surface area contributed by atoms with Gasteiger partial charge in [-0.05, 0) is 54.2 Å². The molecule has 0 unspecified atom stereocenters. The minimum atomic E-state index is -0.232. The van der Waals surface area contributed by atoms with Crippen molar-refractivity contribution in [3.63, 3.8) is 0 Å². The van der Waals surface area contributed by atoms with Crippen LogP contribution in [0.5, 0.6) is 0 Å². The maximum atomic E-state index is 11.9. The molecule has 1 heterocycles. The third-order valence-corrected chi connectivity index (χ3v) is 4.66. The Hall–Kier alpha value is -2.09. The van der Waals surface area contributed by atoms with E-state index >= 15 is 0 Å². The summed E-state index contributed by atoms with van der Waals surface area (Å²) in [5.41, 5.74) is 7.47. The molecule has 1 aromatic carbocycles. The van der Waals surface area contributed by atoms with Gasteiger partial charge in [-0.25, -0.2) is 4.79 Å². The predicted octanol–water partition coefficient (Wildman–Crippen LogP) is 6.75. The topological polar surface area (TPSA) is 26.3 Å². The molecule has 0 bridgehead atoms. The summed E-state index contributed by atoms with van der Waals surface area (Å²) in [6.45, 7) is 9.29. The number of hydrogen-bond acceptors (Lipinski definition) is 3. The smallest absolute Gasteiger partial charge is 0.348 e. The van der Waals surface area contributed by atoms with Crippen molar-refractivity contribution in [1.82, 2.24) is 0 Å². The van der Waals surface area contributed by atoms with Crippen molar-refractivity contribution < 1.29 is 9.53 Å². The van der Waals surface area contributed by atoms with E-state index in [4.69, 9.17) is 4.74 Å². The number of esters is 1. The largest absolute Gasteiger partial charge is 0.461 e. The van der Waals surface area contributed by atoms with Crippen LogP contribution in [0, 0.1) is 5.41 Å². The molecule has 1 aromatic heterocycles. The van der Waals surface area contributed by atoms with Crippen molar-refractivity contribution in [1.29, 1.82) is 0 Å². The molecule has 0 fully saturated rings. The zero-order chi connectivity index (χ0) is 19.0. The molecule has 0 amide bonds. The van der Waals surface area contributed by atoms with Gasteiger partial charge in [0, 0.05) is 5.57 Å². The van der Waals surface area contributed by atoms with Crippen LogP contribution in [-0.4, -0.2) is 12.6 Å². The van der Waals surface area contributed by atoms with Gasteiger partial charge in [0.05, 0.1) is 6.61 Å². The molecule has 0 spiro atoms. The second kappa shape index (κ2) is 9.56. The van der Waals surface area contributed by atoms with E-state index in [0.29, 0.717) is 11.5 Å². The van der Waals surface area contributed by atoms with Gasteiger partial charge >= 0.3 is 5.97 Å². The maximum Gasteiger partial charge on any atom is 0.348 e. The lowest BCUT2D eigenvalue weighted by Gasteiger charge is -2.17. The Labute approximate surface area is 161 Å². The van der Waals surface area contributed by atoms with Crippen molar-refractivity contribution in [3.8, 4) is 0 Å². The van der Waals surface area contributed by atoms with Crippen molar-refractivity contribution in [3.05, 3.63) is 69.6 Å². The summed E-state index contributed by atoms with van der Waals surface area (Å²) >= 11 is 1.41. The van der Waals surface area contributed by atoms with Gasteiger partial charge < -0.3 is 4.74 Å². The minimum absolute atomic E-state index is 0.232. The van der Waals surface area contributed by atoms with E-state index in [1.165, 1.54) is 28.0 Å². The highest BCUT2D eigenvalue weighted by Gasteiger charge is 2.11. The highest BCUT2D eigenvalue weighted by Crippen LogP contribution is 2.25. The molecule has 0 aliphatic rings. The van der Waals surface area contributed by atoms with Gasteiger partial charge in [0.1, 0.15) is 4.88 Å². The predicted molar refractivity (Wildman–Crippen MR) is 110 cm³/mol. The standard InChI is InChI=1S/C23H28O2S/c1-18(17-23(2,3)4)16-20(19-10-6-5-7-11-19)12-8-14-25-22(24)21-13-9-15-26-21/h5-7,9-11,13,15H,8,12,14,17H2,1-4H3. The quantitative estimate of drug-likeness (QED) is 0.307. The molecular formula is C23H28O2S. The Morgan fingerprint density at radius 2 is 1.85 bits per heavy atom. The molecule has 0 atom stereocenters. The Morgan fingerprint density at radius 1 is 1.12 bits per heavy atom. The van der Waals surface area contributed by atoms with E-state index in [2.05, 4.69) is 45.6 Å².